The van der Waals surface area contributed by atoms with Crippen molar-refractivity contribution in [2.45, 2.75) is 6.92 Å². The first kappa shape index (κ1) is 10.5. The molecule has 0 aliphatic rings. The van der Waals surface area contributed by atoms with Gasteiger partial charge in [0, 0.05) is 25.3 Å². The minimum absolute atomic E-state index is 0.731. The van der Waals surface area contributed by atoms with E-state index in [9.17, 15) is 0 Å². The van der Waals surface area contributed by atoms with Crippen molar-refractivity contribution < 1.29 is 0 Å². The first-order valence-corrected chi connectivity index (χ1v) is 5.07. The number of nitrogens with zero attached hydrogens (tertiary/aromatic N) is 3. The zero-order valence-electron chi connectivity index (χ0n) is 9.65. The van der Waals surface area contributed by atoms with Crippen LogP contribution in [0.1, 0.15) is 5.56 Å². The van der Waals surface area contributed by atoms with Gasteiger partial charge in [0.15, 0.2) is 5.82 Å². The lowest BCUT2D eigenvalue weighted by Gasteiger charge is -2.05. The fourth-order valence-corrected chi connectivity index (χ4v) is 1.58. The lowest BCUT2D eigenvalue weighted by Crippen LogP contribution is -2.00. The molecule has 0 amide bonds. The van der Waals surface area contributed by atoms with Gasteiger partial charge in [-0.3, -0.25) is 4.57 Å². The van der Waals surface area contributed by atoms with Crippen LogP contribution < -0.4 is 11.1 Å². The molecule has 0 saturated heterocycles. The van der Waals surface area contributed by atoms with E-state index >= 15 is 0 Å². The first-order valence-electron chi connectivity index (χ1n) is 5.07. The number of rotatable bonds is 2. The minimum Gasteiger partial charge on any atom is -0.398 e. The van der Waals surface area contributed by atoms with Crippen molar-refractivity contribution >= 4 is 11.6 Å². The molecule has 84 valence electrons. The molecule has 0 aliphatic carbocycles. The zero-order valence-corrected chi connectivity index (χ0v) is 9.65. The van der Waals surface area contributed by atoms with Gasteiger partial charge >= 0.3 is 0 Å². The van der Waals surface area contributed by atoms with Crippen molar-refractivity contribution in [2.75, 3.05) is 18.1 Å². The molecule has 3 N–H and O–H groups in total. The number of hydrogen-bond acceptors (Lipinski definition) is 4. The molecule has 5 heteroatoms. The third kappa shape index (κ3) is 1.60. The highest BCUT2D eigenvalue weighted by atomic mass is 15.3. The van der Waals surface area contributed by atoms with Gasteiger partial charge in [-0.05, 0) is 18.6 Å². The van der Waals surface area contributed by atoms with Crippen LogP contribution in [0.15, 0.2) is 18.2 Å². The van der Waals surface area contributed by atoms with Gasteiger partial charge in [0.1, 0.15) is 0 Å². The summed E-state index contributed by atoms with van der Waals surface area (Å²) in [7, 11) is 3.73. The minimum atomic E-state index is 0.731. The molecule has 1 aromatic carbocycles. The molecule has 0 unspecified atom stereocenters. The molecule has 0 saturated carbocycles. The Bertz CT molecular complexity index is 515. The maximum absolute atomic E-state index is 5.87. The largest absolute Gasteiger partial charge is 0.398 e. The van der Waals surface area contributed by atoms with Crippen molar-refractivity contribution in [1.29, 1.82) is 0 Å². The van der Waals surface area contributed by atoms with Crippen LogP contribution in [0.25, 0.3) is 11.4 Å². The number of aromatic nitrogens is 3. The molecule has 2 rings (SSSR count). The van der Waals surface area contributed by atoms with Crippen LogP contribution >= 0.6 is 0 Å². The molecule has 0 spiro atoms. The molecule has 2 aromatic rings. The second-order valence-electron chi connectivity index (χ2n) is 3.73. The Balaban J connectivity index is 2.50. The quantitative estimate of drug-likeness (QED) is 0.746. The zero-order chi connectivity index (χ0) is 11.7. The maximum Gasteiger partial charge on any atom is 0.224 e. The summed E-state index contributed by atoms with van der Waals surface area (Å²) in [5, 5.41) is 11.1. The van der Waals surface area contributed by atoms with E-state index in [1.54, 1.807) is 0 Å². The van der Waals surface area contributed by atoms with Gasteiger partial charge in [0.2, 0.25) is 5.95 Å². The number of anilines is 2. The van der Waals surface area contributed by atoms with E-state index in [1.807, 2.05) is 43.8 Å². The lowest BCUT2D eigenvalue weighted by atomic mass is 10.1. The van der Waals surface area contributed by atoms with Crippen LogP contribution in [0.5, 0.6) is 0 Å². The SMILES string of the molecule is CNc1nnc(-c2ccc(C)c(N)c2)n1C. The summed E-state index contributed by atoms with van der Waals surface area (Å²) in [5.41, 5.74) is 8.69. The van der Waals surface area contributed by atoms with Gasteiger partial charge in [-0.2, -0.15) is 0 Å². The number of nitrogen functional groups attached to an aromatic ring is 1. The van der Waals surface area contributed by atoms with Crippen LogP contribution in [-0.4, -0.2) is 21.8 Å². The molecular weight excluding hydrogens is 202 g/mol. The van der Waals surface area contributed by atoms with Crippen LogP contribution in [0.3, 0.4) is 0 Å². The van der Waals surface area contributed by atoms with Crippen molar-refractivity contribution in [3.8, 4) is 11.4 Å². The summed E-state index contributed by atoms with van der Waals surface area (Å²) in [6.45, 7) is 1.98. The molecule has 0 bridgehead atoms. The summed E-state index contributed by atoms with van der Waals surface area (Å²) < 4.78 is 1.89. The second-order valence-corrected chi connectivity index (χ2v) is 3.73. The van der Waals surface area contributed by atoms with Crippen LogP contribution in [-0.2, 0) is 7.05 Å². The third-order valence-electron chi connectivity index (χ3n) is 2.64. The fraction of sp³-hybridized carbons (Fsp3) is 0.273. The Morgan fingerprint density at radius 1 is 1.31 bits per heavy atom. The summed E-state index contributed by atoms with van der Waals surface area (Å²) in [6.07, 6.45) is 0. The van der Waals surface area contributed by atoms with Crippen LogP contribution in [0.2, 0.25) is 0 Å². The Morgan fingerprint density at radius 3 is 2.62 bits per heavy atom. The number of nitrogens with two attached hydrogens (primary N) is 1. The van der Waals surface area contributed by atoms with Gasteiger partial charge < -0.3 is 11.1 Å². The Kier molecular flexibility index (Phi) is 2.52. The standard InChI is InChI=1S/C11H15N5/c1-7-4-5-8(6-9(7)12)10-14-15-11(13-2)16(10)3/h4-6H,12H2,1-3H3,(H,13,15). The summed E-state index contributed by atoms with van der Waals surface area (Å²) in [6, 6.07) is 5.90. The van der Waals surface area contributed by atoms with Gasteiger partial charge in [0.05, 0.1) is 0 Å². The van der Waals surface area contributed by atoms with Gasteiger partial charge in [0.25, 0.3) is 0 Å². The lowest BCUT2D eigenvalue weighted by molar-refractivity contribution is 0.925. The van der Waals surface area contributed by atoms with Gasteiger partial charge in [-0.25, -0.2) is 0 Å². The van der Waals surface area contributed by atoms with E-state index in [0.717, 1.165) is 28.6 Å². The summed E-state index contributed by atoms with van der Waals surface area (Å²) in [4.78, 5) is 0. The molecule has 0 atom stereocenters. The summed E-state index contributed by atoms with van der Waals surface area (Å²) >= 11 is 0. The predicted molar refractivity (Wildman–Crippen MR) is 65.1 cm³/mol. The third-order valence-corrected chi connectivity index (χ3v) is 2.64. The topological polar surface area (TPSA) is 68.8 Å². The summed E-state index contributed by atoms with van der Waals surface area (Å²) in [5.74, 6) is 1.53. The van der Waals surface area contributed by atoms with E-state index in [4.69, 9.17) is 5.73 Å². The Hall–Kier alpha value is -2.04. The molecule has 1 heterocycles. The molecule has 0 aliphatic heterocycles. The average molecular weight is 217 g/mol. The normalized spacial score (nSPS) is 10.4. The molecule has 5 nitrogen and oxygen atoms in total. The fourth-order valence-electron chi connectivity index (χ4n) is 1.58. The highest BCUT2D eigenvalue weighted by molar-refractivity contribution is 5.64. The predicted octanol–water partition coefficient (Wildman–Crippen LogP) is 1.41. The number of aryl methyl sites for hydroxylation is 1. The van der Waals surface area contributed by atoms with Crippen LogP contribution in [0, 0.1) is 6.92 Å². The highest BCUT2D eigenvalue weighted by Crippen LogP contribution is 2.23. The van der Waals surface area contributed by atoms with E-state index in [0.29, 0.717) is 0 Å². The highest BCUT2D eigenvalue weighted by Gasteiger charge is 2.09. The Morgan fingerprint density at radius 2 is 2.06 bits per heavy atom. The van der Waals surface area contributed by atoms with Crippen molar-refractivity contribution in [2.24, 2.45) is 7.05 Å². The average Bonchev–Trinajstić information content (AvgIpc) is 2.64. The van der Waals surface area contributed by atoms with E-state index in [2.05, 4.69) is 15.5 Å². The maximum atomic E-state index is 5.87. The van der Waals surface area contributed by atoms with E-state index < -0.39 is 0 Å². The van der Waals surface area contributed by atoms with Crippen LogP contribution in [0.4, 0.5) is 11.6 Å². The molecule has 16 heavy (non-hydrogen) atoms. The van der Waals surface area contributed by atoms with Crippen molar-refractivity contribution in [3.63, 3.8) is 0 Å². The van der Waals surface area contributed by atoms with E-state index in [-0.39, 0.29) is 0 Å². The molecule has 0 radical (unpaired) electrons. The molecule has 0 fully saturated rings. The van der Waals surface area contributed by atoms with Gasteiger partial charge in [-0.15, -0.1) is 10.2 Å². The smallest absolute Gasteiger partial charge is 0.224 e. The number of nitrogens with one attached hydrogen (secondary N) is 1. The molecule has 1 aromatic heterocycles. The number of benzene rings is 1. The first-order chi connectivity index (χ1) is 7.63. The van der Waals surface area contributed by atoms with Crippen molar-refractivity contribution in [1.82, 2.24) is 14.8 Å². The van der Waals surface area contributed by atoms with Gasteiger partial charge in [-0.1, -0.05) is 12.1 Å². The second kappa shape index (κ2) is 3.84. The number of hydrogen-bond donors (Lipinski definition) is 2. The van der Waals surface area contributed by atoms with Crippen molar-refractivity contribution in [3.05, 3.63) is 23.8 Å². The molecular formula is C11H15N5. The monoisotopic (exact) mass is 217 g/mol. The van der Waals surface area contributed by atoms with E-state index in [1.165, 1.54) is 0 Å². The Labute approximate surface area is 94.3 Å².